The van der Waals surface area contributed by atoms with Gasteiger partial charge in [-0.15, -0.1) is 0 Å². The van der Waals surface area contributed by atoms with E-state index in [2.05, 4.69) is 28.0 Å². The molecule has 1 saturated heterocycles. The van der Waals surface area contributed by atoms with Gasteiger partial charge in [-0.25, -0.2) is 4.98 Å². The smallest absolute Gasteiger partial charge is 0.249 e. The van der Waals surface area contributed by atoms with Gasteiger partial charge in [0.05, 0.1) is 6.04 Å². The van der Waals surface area contributed by atoms with Gasteiger partial charge in [-0.05, 0) is 32.7 Å². The molecule has 1 fully saturated rings. The van der Waals surface area contributed by atoms with Gasteiger partial charge in [0.25, 0.3) is 0 Å². The Bertz CT molecular complexity index is 508. The highest BCUT2D eigenvalue weighted by molar-refractivity contribution is 5.93. The molecule has 1 atom stereocenters. The number of aromatic nitrogens is 2. The number of allylic oxidation sites excluding steroid dienone is 1. The van der Waals surface area contributed by atoms with Crippen LogP contribution in [-0.4, -0.2) is 52.4 Å². The fraction of sp³-hybridized carbons (Fsp3) is 0.625. The summed E-state index contributed by atoms with van der Waals surface area (Å²) in [6.07, 6.45) is 11.4. The SMILES string of the molecule is CN1CCN(C(=O)C2=CCCCCC2)C[C@@H]1c1ncc[nH]1. The Morgan fingerprint density at radius 3 is 3.05 bits per heavy atom. The van der Waals surface area contributed by atoms with E-state index in [-0.39, 0.29) is 11.9 Å². The minimum atomic E-state index is 0.170. The number of rotatable bonds is 2. The normalized spacial score (nSPS) is 24.5. The van der Waals surface area contributed by atoms with Crippen LogP contribution in [0.15, 0.2) is 24.0 Å². The number of nitrogens with one attached hydrogen (secondary N) is 1. The van der Waals surface area contributed by atoms with E-state index in [0.29, 0.717) is 0 Å². The van der Waals surface area contributed by atoms with Crippen molar-refractivity contribution in [2.24, 2.45) is 0 Å². The second-order valence-corrected chi connectivity index (χ2v) is 6.05. The van der Waals surface area contributed by atoms with Gasteiger partial charge in [-0.3, -0.25) is 9.69 Å². The van der Waals surface area contributed by atoms with E-state index in [4.69, 9.17) is 0 Å². The maximum Gasteiger partial charge on any atom is 0.249 e. The van der Waals surface area contributed by atoms with Gasteiger partial charge in [0.15, 0.2) is 0 Å². The summed E-state index contributed by atoms with van der Waals surface area (Å²) in [7, 11) is 2.10. The zero-order valence-corrected chi connectivity index (χ0v) is 12.7. The number of aromatic amines is 1. The highest BCUT2D eigenvalue weighted by Crippen LogP contribution is 2.24. The molecule has 21 heavy (non-hydrogen) atoms. The summed E-state index contributed by atoms with van der Waals surface area (Å²) in [6, 6.07) is 0.170. The molecule has 1 amide bonds. The predicted molar refractivity (Wildman–Crippen MR) is 81.7 cm³/mol. The van der Waals surface area contributed by atoms with E-state index < -0.39 is 0 Å². The second kappa shape index (κ2) is 6.43. The van der Waals surface area contributed by atoms with Crippen molar-refractivity contribution in [3.05, 3.63) is 29.9 Å². The third kappa shape index (κ3) is 3.18. The van der Waals surface area contributed by atoms with Crippen molar-refractivity contribution in [2.75, 3.05) is 26.7 Å². The molecule has 1 aromatic rings. The topological polar surface area (TPSA) is 52.2 Å². The molecule has 5 nitrogen and oxygen atoms in total. The summed E-state index contributed by atoms with van der Waals surface area (Å²) in [5.74, 6) is 1.19. The van der Waals surface area contributed by atoms with Crippen LogP contribution >= 0.6 is 0 Å². The zero-order chi connectivity index (χ0) is 14.7. The molecular formula is C16H24N4O. The number of H-pyrrole nitrogens is 1. The van der Waals surface area contributed by atoms with E-state index in [1.54, 1.807) is 6.20 Å². The van der Waals surface area contributed by atoms with Gasteiger partial charge in [0.2, 0.25) is 5.91 Å². The fourth-order valence-corrected chi connectivity index (χ4v) is 3.23. The van der Waals surface area contributed by atoms with Gasteiger partial charge < -0.3 is 9.88 Å². The number of nitrogens with zero attached hydrogens (tertiary/aromatic N) is 3. The summed E-state index contributed by atoms with van der Waals surface area (Å²) >= 11 is 0. The third-order valence-electron chi connectivity index (χ3n) is 4.59. The molecule has 0 radical (unpaired) electrons. The second-order valence-electron chi connectivity index (χ2n) is 6.05. The van der Waals surface area contributed by atoms with Crippen LogP contribution in [-0.2, 0) is 4.79 Å². The minimum absolute atomic E-state index is 0.170. The maximum absolute atomic E-state index is 12.7. The first-order chi connectivity index (χ1) is 10.3. The van der Waals surface area contributed by atoms with Crippen LogP contribution in [0.1, 0.15) is 44.0 Å². The molecule has 1 aliphatic heterocycles. The van der Waals surface area contributed by atoms with Gasteiger partial charge in [-0.2, -0.15) is 0 Å². The first kappa shape index (κ1) is 14.3. The van der Waals surface area contributed by atoms with E-state index in [1.807, 2.05) is 11.1 Å². The van der Waals surface area contributed by atoms with E-state index in [9.17, 15) is 4.79 Å². The van der Waals surface area contributed by atoms with E-state index in [1.165, 1.54) is 12.8 Å². The van der Waals surface area contributed by atoms with Crippen LogP contribution in [0.2, 0.25) is 0 Å². The monoisotopic (exact) mass is 288 g/mol. The van der Waals surface area contributed by atoms with Crippen molar-refractivity contribution in [3.63, 3.8) is 0 Å². The van der Waals surface area contributed by atoms with Gasteiger partial charge >= 0.3 is 0 Å². The molecule has 0 spiro atoms. The fourth-order valence-electron chi connectivity index (χ4n) is 3.23. The summed E-state index contributed by atoms with van der Waals surface area (Å²) in [4.78, 5) is 24.6. The third-order valence-corrected chi connectivity index (χ3v) is 4.59. The van der Waals surface area contributed by atoms with Gasteiger partial charge in [0.1, 0.15) is 5.82 Å². The average Bonchev–Trinajstić information content (AvgIpc) is 2.89. The summed E-state index contributed by atoms with van der Waals surface area (Å²) in [5, 5.41) is 0. The molecule has 1 N–H and O–H groups in total. The summed E-state index contributed by atoms with van der Waals surface area (Å²) in [6.45, 7) is 2.43. The maximum atomic E-state index is 12.7. The molecule has 1 aliphatic carbocycles. The highest BCUT2D eigenvalue weighted by atomic mass is 16.2. The van der Waals surface area contributed by atoms with E-state index in [0.717, 1.165) is 50.3 Å². The number of amides is 1. The molecule has 0 unspecified atom stereocenters. The Balaban J connectivity index is 1.71. The average molecular weight is 288 g/mol. The van der Waals surface area contributed by atoms with Gasteiger partial charge in [-0.1, -0.05) is 12.5 Å². The lowest BCUT2D eigenvalue weighted by atomic mass is 10.1. The molecule has 2 heterocycles. The highest BCUT2D eigenvalue weighted by Gasteiger charge is 2.30. The van der Waals surface area contributed by atoms with Crippen molar-refractivity contribution < 1.29 is 4.79 Å². The Morgan fingerprint density at radius 2 is 2.24 bits per heavy atom. The molecule has 5 heteroatoms. The Hall–Kier alpha value is -1.62. The number of likely N-dealkylation sites (N-methyl/N-ethyl adjacent to an activating group) is 1. The quantitative estimate of drug-likeness (QED) is 0.907. The van der Waals surface area contributed by atoms with Crippen molar-refractivity contribution in [1.29, 1.82) is 0 Å². The zero-order valence-electron chi connectivity index (χ0n) is 12.7. The molecule has 0 saturated carbocycles. The van der Waals surface area contributed by atoms with E-state index >= 15 is 0 Å². The number of hydrogen-bond donors (Lipinski definition) is 1. The number of imidazole rings is 1. The number of carbonyl (C=O) groups excluding carboxylic acids is 1. The van der Waals surface area contributed by atoms with Gasteiger partial charge in [0, 0.05) is 37.6 Å². The molecule has 114 valence electrons. The van der Waals surface area contributed by atoms with Crippen LogP contribution in [0, 0.1) is 0 Å². The van der Waals surface area contributed by atoms with Crippen LogP contribution < -0.4 is 0 Å². The van der Waals surface area contributed by atoms with Crippen molar-refractivity contribution in [3.8, 4) is 0 Å². The van der Waals surface area contributed by atoms with Crippen LogP contribution in [0.5, 0.6) is 0 Å². The first-order valence-corrected chi connectivity index (χ1v) is 7.93. The lowest BCUT2D eigenvalue weighted by Crippen LogP contribution is -2.49. The molecular weight excluding hydrogens is 264 g/mol. The van der Waals surface area contributed by atoms with Crippen LogP contribution in [0.4, 0.5) is 0 Å². The summed E-state index contributed by atoms with van der Waals surface area (Å²) < 4.78 is 0. The standard InChI is InChI=1S/C16H24N4O/c1-19-10-11-20(12-14(19)15-17-8-9-18-15)16(21)13-6-4-2-3-5-7-13/h6,8-9,14H,2-5,7,10-12H2,1H3,(H,17,18)/t14-/m1/s1. The van der Waals surface area contributed by atoms with Crippen molar-refractivity contribution >= 4 is 5.91 Å². The Kier molecular flexibility index (Phi) is 4.39. The molecule has 0 aromatic carbocycles. The molecule has 2 aliphatic rings. The molecule has 1 aromatic heterocycles. The van der Waals surface area contributed by atoms with Crippen LogP contribution in [0.25, 0.3) is 0 Å². The lowest BCUT2D eigenvalue weighted by molar-refractivity contribution is -0.130. The molecule has 0 bridgehead atoms. The number of carbonyl (C=O) groups is 1. The van der Waals surface area contributed by atoms with Crippen molar-refractivity contribution in [1.82, 2.24) is 19.8 Å². The Labute approximate surface area is 126 Å². The lowest BCUT2D eigenvalue weighted by Gasteiger charge is -2.38. The number of piperazine rings is 1. The summed E-state index contributed by atoms with van der Waals surface area (Å²) in [5.41, 5.74) is 1.02. The number of hydrogen-bond acceptors (Lipinski definition) is 3. The molecule has 3 rings (SSSR count). The largest absolute Gasteiger partial charge is 0.347 e. The minimum Gasteiger partial charge on any atom is -0.347 e. The van der Waals surface area contributed by atoms with Crippen molar-refractivity contribution in [2.45, 2.75) is 38.1 Å². The Morgan fingerprint density at radius 1 is 1.33 bits per heavy atom. The van der Waals surface area contributed by atoms with Crippen LogP contribution in [0.3, 0.4) is 0 Å². The first-order valence-electron chi connectivity index (χ1n) is 7.93. The predicted octanol–water partition coefficient (Wildman–Crippen LogP) is 2.12.